The van der Waals surface area contributed by atoms with Crippen molar-refractivity contribution in [2.45, 2.75) is 33.6 Å². The van der Waals surface area contributed by atoms with E-state index in [1.165, 1.54) is 11.3 Å². The molecule has 0 aromatic heterocycles. The van der Waals surface area contributed by atoms with Crippen LogP contribution in [0.25, 0.3) is 0 Å². The Morgan fingerprint density at radius 1 is 1.29 bits per heavy atom. The molecule has 0 radical (unpaired) electrons. The van der Waals surface area contributed by atoms with Crippen LogP contribution in [0.15, 0.2) is 18.2 Å². The van der Waals surface area contributed by atoms with Crippen LogP contribution in [-0.2, 0) is 9.59 Å². The number of anilines is 1. The fourth-order valence-electron chi connectivity index (χ4n) is 3.24. The summed E-state index contributed by atoms with van der Waals surface area (Å²) in [5, 5.41) is 2.93. The van der Waals surface area contributed by atoms with Crippen molar-refractivity contribution in [3.63, 3.8) is 0 Å². The standard InChI is InChI=1S/C19H29N3O2/c1-14-7-6-10-22(11-14)13-18(24)21(4)12-17(23)20-19-15(2)8-5-9-16(19)3/h5,8-9,14H,6-7,10-13H2,1-4H3,(H,20,23)/t14-/m0/s1. The molecular formula is C19H29N3O2. The van der Waals surface area contributed by atoms with E-state index in [0.717, 1.165) is 36.3 Å². The van der Waals surface area contributed by atoms with Gasteiger partial charge < -0.3 is 10.2 Å². The van der Waals surface area contributed by atoms with Crippen molar-refractivity contribution >= 4 is 17.5 Å². The molecule has 1 aromatic carbocycles. The van der Waals surface area contributed by atoms with Crippen molar-refractivity contribution in [2.75, 3.05) is 38.5 Å². The molecule has 1 aromatic rings. The number of amides is 2. The SMILES string of the molecule is Cc1cccc(C)c1NC(=O)CN(C)C(=O)CN1CCC[C@H](C)C1. The highest BCUT2D eigenvalue weighted by molar-refractivity contribution is 5.95. The molecule has 1 saturated heterocycles. The molecule has 0 aliphatic carbocycles. The van der Waals surface area contributed by atoms with E-state index in [1.807, 2.05) is 32.0 Å². The minimum absolute atomic E-state index is 0.000700. The van der Waals surface area contributed by atoms with Gasteiger partial charge in [0, 0.05) is 19.3 Å². The van der Waals surface area contributed by atoms with E-state index in [1.54, 1.807) is 7.05 Å². The summed E-state index contributed by atoms with van der Waals surface area (Å²) in [4.78, 5) is 28.3. The lowest BCUT2D eigenvalue weighted by Gasteiger charge is -2.31. The van der Waals surface area contributed by atoms with Gasteiger partial charge in [-0.1, -0.05) is 25.1 Å². The third-order valence-corrected chi connectivity index (χ3v) is 4.65. The molecule has 2 rings (SSSR count). The number of piperidine rings is 1. The molecule has 2 amide bonds. The second kappa shape index (κ2) is 8.29. The van der Waals surface area contributed by atoms with Gasteiger partial charge in [-0.15, -0.1) is 0 Å². The van der Waals surface area contributed by atoms with Crippen LogP contribution in [0.1, 0.15) is 30.9 Å². The second-order valence-electron chi connectivity index (χ2n) is 7.05. The first-order valence-electron chi connectivity index (χ1n) is 8.69. The lowest BCUT2D eigenvalue weighted by molar-refractivity contribution is -0.134. The molecule has 24 heavy (non-hydrogen) atoms. The van der Waals surface area contributed by atoms with Crippen molar-refractivity contribution in [2.24, 2.45) is 5.92 Å². The number of nitrogens with one attached hydrogen (secondary N) is 1. The number of carbonyl (C=O) groups excluding carboxylic acids is 2. The van der Waals surface area contributed by atoms with E-state index >= 15 is 0 Å². The Hall–Kier alpha value is -1.88. The van der Waals surface area contributed by atoms with E-state index in [4.69, 9.17) is 0 Å². The number of aryl methyl sites for hydroxylation is 2. The zero-order valence-corrected chi connectivity index (χ0v) is 15.3. The highest BCUT2D eigenvalue weighted by atomic mass is 16.2. The summed E-state index contributed by atoms with van der Waals surface area (Å²) in [7, 11) is 1.69. The molecule has 0 bridgehead atoms. The lowest BCUT2D eigenvalue weighted by Crippen LogP contribution is -2.44. The summed E-state index contributed by atoms with van der Waals surface area (Å²) in [5.74, 6) is 0.486. The zero-order chi connectivity index (χ0) is 17.7. The number of para-hydroxylation sites is 1. The molecule has 1 atom stereocenters. The van der Waals surface area contributed by atoms with Crippen LogP contribution in [0.5, 0.6) is 0 Å². The Bertz CT molecular complexity index is 580. The van der Waals surface area contributed by atoms with E-state index in [9.17, 15) is 9.59 Å². The van der Waals surface area contributed by atoms with Gasteiger partial charge in [0.1, 0.15) is 0 Å². The minimum atomic E-state index is -0.157. The first-order chi connectivity index (χ1) is 11.4. The lowest BCUT2D eigenvalue weighted by atomic mass is 10.0. The topological polar surface area (TPSA) is 52.7 Å². The van der Waals surface area contributed by atoms with Crippen LogP contribution in [0, 0.1) is 19.8 Å². The maximum atomic E-state index is 12.3. The smallest absolute Gasteiger partial charge is 0.243 e. The van der Waals surface area contributed by atoms with E-state index in [0.29, 0.717) is 12.5 Å². The molecule has 5 nitrogen and oxygen atoms in total. The van der Waals surface area contributed by atoms with Crippen LogP contribution >= 0.6 is 0 Å². The molecular weight excluding hydrogens is 302 g/mol. The fourth-order valence-corrected chi connectivity index (χ4v) is 3.24. The molecule has 0 unspecified atom stereocenters. The maximum Gasteiger partial charge on any atom is 0.243 e. The van der Waals surface area contributed by atoms with Gasteiger partial charge in [-0.3, -0.25) is 14.5 Å². The monoisotopic (exact) mass is 331 g/mol. The van der Waals surface area contributed by atoms with Gasteiger partial charge in [-0.25, -0.2) is 0 Å². The van der Waals surface area contributed by atoms with E-state index in [-0.39, 0.29) is 18.4 Å². The van der Waals surface area contributed by atoms with Crippen molar-refractivity contribution in [1.29, 1.82) is 0 Å². The number of hydrogen-bond acceptors (Lipinski definition) is 3. The summed E-state index contributed by atoms with van der Waals surface area (Å²) in [6, 6.07) is 5.90. The largest absolute Gasteiger partial charge is 0.335 e. The number of rotatable bonds is 5. The molecule has 0 saturated carbocycles. The molecule has 1 aliphatic heterocycles. The Morgan fingerprint density at radius 3 is 2.58 bits per heavy atom. The summed E-state index contributed by atoms with van der Waals surface area (Å²) >= 11 is 0. The van der Waals surface area contributed by atoms with Crippen molar-refractivity contribution in [1.82, 2.24) is 9.80 Å². The van der Waals surface area contributed by atoms with Crippen molar-refractivity contribution in [3.8, 4) is 0 Å². The van der Waals surface area contributed by atoms with Gasteiger partial charge in [-0.2, -0.15) is 0 Å². The molecule has 1 fully saturated rings. The third-order valence-electron chi connectivity index (χ3n) is 4.65. The normalized spacial score (nSPS) is 18.2. The quantitative estimate of drug-likeness (QED) is 0.901. The summed E-state index contributed by atoms with van der Waals surface area (Å²) in [6.07, 6.45) is 2.38. The second-order valence-corrected chi connectivity index (χ2v) is 7.05. The van der Waals surface area contributed by atoms with Gasteiger partial charge in [0.15, 0.2) is 0 Å². The number of likely N-dealkylation sites (tertiary alicyclic amines) is 1. The number of hydrogen-bond donors (Lipinski definition) is 1. The zero-order valence-electron chi connectivity index (χ0n) is 15.3. The van der Waals surface area contributed by atoms with Gasteiger partial charge >= 0.3 is 0 Å². The Kier molecular flexibility index (Phi) is 6.37. The van der Waals surface area contributed by atoms with Gasteiger partial charge in [-0.05, 0) is 50.3 Å². The molecule has 132 valence electrons. The maximum absolute atomic E-state index is 12.3. The van der Waals surface area contributed by atoms with Crippen LogP contribution in [0.4, 0.5) is 5.69 Å². The Morgan fingerprint density at radius 2 is 1.96 bits per heavy atom. The molecule has 1 heterocycles. The molecule has 5 heteroatoms. The first-order valence-corrected chi connectivity index (χ1v) is 8.69. The number of carbonyl (C=O) groups is 2. The number of benzene rings is 1. The number of likely N-dealkylation sites (N-methyl/N-ethyl adjacent to an activating group) is 1. The highest BCUT2D eigenvalue weighted by Gasteiger charge is 2.21. The van der Waals surface area contributed by atoms with E-state index < -0.39 is 0 Å². The van der Waals surface area contributed by atoms with Crippen LogP contribution in [0.3, 0.4) is 0 Å². The highest BCUT2D eigenvalue weighted by Crippen LogP contribution is 2.19. The van der Waals surface area contributed by atoms with Gasteiger partial charge in [0.05, 0.1) is 13.1 Å². The fraction of sp³-hybridized carbons (Fsp3) is 0.579. The predicted octanol–water partition coefficient (Wildman–Crippen LogP) is 2.43. The van der Waals surface area contributed by atoms with Crippen LogP contribution in [-0.4, -0.2) is 54.8 Å². The Balaban J connectivity index is 1.85. The Labute approximate surface area is 145 Å². The van der Waals surface area contributed by atoms with Crippen molar-refractivity contribution < 1.29 is 9.59 Å². The summed E-state index contributed by atoms with van der Waals surface area (Å²) in [6.45, 7) is 8.57. The van der Waals surface area contributed by atoms with Crippen LogP contribution in [0.2, 0.25) is 0 Å². The van der Waals surface area contributed by atoms with Gasteiger partial charge in [0.25, 0.3) is 0 Å². The third kappa shape index (κ3) is 5.06. The molecule has 1 aliphatic rings. The molecule has 1 N–H and O–H groups in total. The predicted molar refractivity (Wildman–Crippen MR) is 97.0 cm³/mol. The number of nitrogens with zero attached hydrogens (tertiary/aromatic N) is 2. The first kappa shape index (κ1) is 18.5. The average molecular weight is 331 g/mol. The molecule has 0 spiro atoms. The van der Waals surface area contributed by atoms with Crippen molar-refractivity contribution in [3.05, 3.63) is 29.3 Å². The van der Waals surface area contributed by atoms with Gasteiger partial charge in [0.2, 0.25) is 11.8 Å². The minimum Gasteiger partial charge on any atom is -0.335 e. The summed E-state index contributed by atoms with van der Waals surface area (Å²) in [5.41, 5.74) is 2.90. The van der Waals surface area contributed by atoms with E-state index in [2.05, 4.69) is 17.1 Å². The van der Waals surface area contributed by atoms with Crippen LogP contribution < -0.4 is 5.32 Å². The average Bonchev–Trinajstić information content (AvgIpc) is 2.51. The summed E-state index contributed by atoms with van der Waals surface area (Å²) < 4.78 is 0.